The normalized spacial score (nSPS) is 24.6. The van der Waals surface area contributed by atoms with Crippen molar-refractivity contribution in [3.05, 3.63) is 33.9 Å². The summed E-state index contributed by atoms with van der Waals surface area (Å²) >= 11 is 12.3. The number of nitrogens with one attached hydrogen (secondary N) is 1. The molecule has 1 nitrogen and oxygen atoms in total. The van der Waals surface area contributed by atoms with Crippen LogP contribution in [0.15, 0.2) is 18.3 Å². The maximum absolute atomic E-state index is 6.20. The van der Waals surface area contributed by atoms with Crippen molar-refractivity contribution in [2.75, 3.05) is 0 Å². The van der Waals surface area contributed by atoms with Crippen LogP contribution >= 0.6 is 23.2 Å². The van der Waals surface area contributed by atoms with Crippen LogP contribution in [-0.2, 0) is 0 Å². The van der Waals surface area contributed by atoms with Gasteiger partial charge < -0.3 is 4.98 Å². The molecule has 0 saturated heterocycles. The molecule has 0 spiro atoms. The van der Waals surface area contributed by atoms with Crippen molar-refractivity contribution in [1.82, 2.24) is 4.98 Å². The first-order chi connectivity index (χ1) is 8.16. The molecule has 1 aliphatic rings. The van der Waals surface area contributed by atoms with E-state index in [4.69, 9.17) is 23.2 Å². The number of rotatable bonds is 1. The molecule has 2 atom stereocenters. The molecule has 1 fully saturated rings. The van der Waals surface area contributed by atoms with Gasteiger partial charge in [-0.2, -0.15) is 0 Å². The molecule has 1 N–H and O–H groups in total. The van der Waals surface area contributed by atoms with Gasteiger partial charge in [-0.3, -0.25) is 0 Å². The van der Waals surface area contributed by atoms with E-state index in [1.54, 1.807) is 6.07 Å². The zero-order valence-electron chi connectivity index (χ0n) is 9.76. The van der Waals surface area contributed by atoms with Gasteiger partial charge in [0, 0.05) is 16.6 Å². The summed E-state index contributed by atoms with van der Waals surface area (Å²) < 4.78 is 0. The molecule has 1 saturated carbocycles. The van der Waals surface area contributed by atoms with Crippen LogP contribution in [0.2, 0.25) is 10.0 Å². The Labute approximate surface area is 111 Å². The van der Waals surface area contributed by atoms with Gasteiger partial charge in [0.25, 0.3) is 0 Å². The highest BCUT2D eigenvalue weighted by atomic mass is 35.5. The fraction of sp³-hybridized carbons (Fsp3) is 0.429. The average Bonchev–Trinajstić information content (AvgIpc) is 2.84. The Morgan fingerprint density at radius 2 is 2.06 bits per heavy atom. The lowest BCUT2D eigenvalue weighted by Crippen LogP contribution is -2.00. The Morgan fingerprint density at radius 1 is 1.24 bits per heavy atom. The van der Waals surface area contributed by atoms with Gasteiger partial charge in [0.05, 0.1) is 10.5 Å². The number of halogens is 2. The molecule has 2 unspecified atom stereocenters. The summed E-state index contributed by atoms with van der Waals surface area (Å²) in [6.45, 7) is 2.34. The van der Waals surface area contributed by atoms with E-state index < -0.39 is 0 Å². The van der Waals surface area contributed by atoms with Gasteiger partial charge >= 0.3 is 0 Å². The lowest BCUT2D eigenvalue weighted by molar-refractivity contribution is 0.536. The van der Waals surface area contributed by atoms with E-state index in [1.807, 2.05) is 6.07 Å². The highest BCUT2D eigenvalue weighted by molar-refractivity contribution is 6.38. The maximum Gasteiger partial charge on any atom is 0.0661 e. The Balaban J connectivity index is 2.17. The minimum atomic E-state index is 0.651. The van der Waals surface area contributed by atoms with Gasteiger partial charge in [-0.05, 0) is 36.0 Å². The molecule has 1 aromatic heterocycles. The summed E-state index contributed by atoms with van der Waals surface area (Å²) in [5.74, 6) is 1.41. The molecule has 1 aromatic carbocycles. The molecular formula is C14H15Cl2N. The van der Waals surface area contributed by atoms with Crippen molar-refractivity contribution in [2.45, 2.75) is 32.1 Å². The van der Waals surface area contributed by atoms with Crippen LogP contribution < -0.4 is 0 Å². The minimum Gasteiger partial charge on any atom is -0.360 e. The Bertz CT molecular complexity index is 559. The van der Waals surface area contributed by atoms with E-state index in [1.165, 1.54) is 30.2 Å². The van der Waals surface area contributed by atoms with Crippen LogP contribution in [0, 0.1) is 5.92 Å². The standard InChI is InChI=1S/C14H15Cl2N/c1-8-3-2-4-10(8)12-7-17-14-11(12)5-9(15)6-13(14)16/h5-8,10,17H,2-4H2,1H3. The highest BCUT2D eigenvalue weighted by Crippen LogP contribution is 2.43. The van der Waals surface area contributed by atoms with Crippen LogP contribution in [0.5, 0.6) is 0 Å². The van der Waals surface area contributed by atoms with E-state index >= 15 is 0 Å². The average molecular weight is 268 g/mol. The van der Waals surface area contributed by atoms with Gasteiger partial charge in [0.2, 0.25) is 0 Å². The van der Waals surface area contributed by atoms with Crippen LogP contribution in [0.3, 0.4) is 0 Å². The van der Waals surface area contributed by atoms with E-state index in [9.17, 15) is 0 Å². The number of benzene rings is 1. The molecule has 1 aliphatic carbocycles. The molecule has 90 valence electrons. The second kappa shape index (κ2) is 4.22. The molecule has 1 heterocycles. The number of fused-ring (bicyclic) bond motifs is 1. The van der Waals surface area contributed by atoms with Crippen LogP contribution in [-0.4, -0.2) is 4.98 Å². The lowest BCUT2D eigenvalue weighted by Gasteiger charge is -2.14. The summed E-state index contributed by atoms with van der Waals surface area (Å²) in [7, 11) is 0. The van der Waals surface area contributed by atoms with Crippen LogP contribution in [0.1, 0.15) is 37.7 Å². The molecule has 0 bridgehead atoms. The molecule has 2 aromatic rings. The van der Waals surface area contributed by atoms with Crippen molar-refractivity contribution in [3.8, 4) is 0 Å². The maximum atomic E-state index is 6.20. The third-order valence-corrected chi connectivity index (χ3v) is 4.52. The third kappa shape index (κ3) is 1.86. The molecule has 0 radical (unpaired) electrons. The van der Waals surface area contributed by atoms with E-state index in [2.05, 4.69) is 18.1 Å². The fourth-order valence-corrected chi connectivity index (χ4v) is 3.64. The quantitative estimate of drug-likeness (QED) is 0.714. The number of aromatic amines is 1. The Hall–Kier alpha value is -0.660. The molecule has 0 aliphatic heterocycles. The minimum absolute atomic E-state index is 0.651. The van der Waals surface area contributed by atoms with Crippen molar-refractivity contribution in [1.29, 1.82) is 0 Å². The molecule has 3 heteroatoms. The van der Waals surface area contributed by atoms with E-state index in [-0.39, 0.29) is 0 Å². The number of aromatic nitrogens is 1. The van der Waals surface area contributed by atoms with Gasteiger partial charge in [-0.1, -0.05) is 43.0 Å². The Morgan fingerprint density at radius 3 is 2.76 bits per heavy atom. The van der Waals surface area contributed by atoms with Gasteiger partial charge in [0.1, 0.15) is 0 Å². The fourth-order valence-electron chi connectivity index (χ4n) is 3.09. The van der Waals surface area contributed by atoms with Crippen LogP contribution in [0.4, 0.5) is 0 Å². The number of H-pyrrole nitrogens is 1. The number of hydrogen-bond donors (Lipinski definition) is 1. The molecule has 0 amide bonds. The van der Waals surface area contributed by atoms with E-state index in [0.29, 0.717) is 16.0 Å². The largest absolute Gasteiger partial charge is 0.360 e. The SMILES string of the molecule is CC1CCCC1c1c[nH]c2c(Cl)cc(Cl)cc12. The van der Waals surface area contributed by atoms with E-state index in [0.717, 1.165) is 11.4 Å². The van der Waals surface area contributed by atoms with Crippen molar-refractivity contribution < 1.29 is 0 Å². The zero-order valence-corrected chi connectivity index (χ0v) is 11.3. The smallest absolute Gasteiger partial charge is 0.0661 e. The second-order valence-corrected chi connectivity index (χ2v) is 5.91. The Kier molecular flexibility index (Phi) is 2.84. The summed E-state index contributed by atoms with van der Waals surface area (Å²) in [6.07, 6.45) is 6.04. The summed E-state index contributed by atoms with van der Waals surface area (Å²) in [5, 5.41) is 2.62. The van der Waals surface area contributed by atoms with Crippen LogP contribution in [0.25, 0.3) is 10.9 Å². The second-order valence-electron chi connectivity index (χ2n) is 5.07. The molecular weight excluding hydrogens is 253 g/mol. The summed E-state index contributed by atoms with van der Waals surface area (Å²) in [6, 6.07) is 3.82. The molecule has 17 heavy (non-hydrogen) atoms. The van der Waals surface area contributed by atoms with Crippen molar-refractivity contribution >= 4 is 34.1 Å². The first kappa shape index (κ1) is 11.4. The summed E-state index contributed by atoms with van der Waals surface area (Å²) in [5.41, 5.74) is 2.40. The van der Waals surface area contributed by atoms with Gasteiger partial charge in [0.15, 0.2) is 0 Å². The lowest BCUT2D eigenvalue weighted by atomic mass is 9.90. The third-order valence-electron chi connectivity index (χ3n) is 4.00. The monoisotopic (exact) mass is 267 g/mol. The first-order valence-electron chi connectivity index (χ1n) is 6.13. The predicted octanol–water partition coefficient (Wildman–Crippen LogP) is 5.38. The number of hydrogen-bond acceptors (Lipinski definition) is 0. The molecule has 3 rings (SSSR count). The predicted molar refractivity (Wildman–Crippen MR) is 74.1 cm³/mol. The summed E-state index contributed by atoms with van der Waals surface area (Å²) in [4.78, 5) is 3.29. The van der Waals surface area contributed by atoms with Gasteiger partial charge in [-0.25, -0.2) is 0 Å². The van der Waals surface area contributed by atoms with Crippen molar-refractivity contribution in [2.24, 2.45) is 5.92 Å². The highest BCUT2D eigenvalue weighted by Gasteiger charge is 2.27. The topological polar surface area (TPSA) is 15.8 Å². The van der Waals surface area contributed by atoms with Crippen molar-refractivity contribution in [3.63, 3.8) is 0 Å². The van der Waals surface area contributed by atoms with Gasteiger partial charge in [-0.15, -0.1) is 0 Å². The zero-order chi connectivity index (χ0) is 12.0. The first-order valence-corrected chi connectivity index (χ1v) is 6.88.